The molecule has 31 heavy (non-hydrogen) atoms. The van der Waals surface area contributed by atoms with Gasteiger partial charge in [-0.3, -0.25) is 14.5 Å². The first-order chi connectivity index (χ1) is 14.9. The number of aromatic nitrogens is 2. The van der Waals surface area contributed by atoms with Crippen molar-refractivity contribution in [3.05, 3.63) is 53.9 Å². The minimum Gasteiger partial charge on any atom is -0.382 e. The number of unbranched alkanes of at least 4 members (excludes halogenated alkanes) is 3. The molecule has 0 aliphatic carbocycles. The molecule has 0 bridgehead atoms. The van der Waals surface area contributed by atoms with Gasteiger partial charge in [0.2, 0.25) is 0 Å². The van der Waals surface area contributed by atoms with Crippen LogP contribution in [-0.4, -0.2) is 63.5 Å². The highest BCUT2D eigenvalue weighted by Crippen LogP contribution is 2.28. The van der Waals surface area contributed by atoms with Gasteiger partial charge in [-0.05, 0) is 25.5 Å². The van der Waals surface area contributed by atoms with Crippen LogP contribution in [0, 0.1) is 11.6 Å². The lowest BCUT2D eigenvalue weighted by atomic mass is 9.92. The fourth-order valence-corrected chi connectivity index (χ4v) is 4.53. The summed E-state index contributed by atoms with van der Waals surface area (Å²) >= 11 is 0. The molecule has 172 valence electrons. The van der Waals surface area contributed by atoms with Crippen LogP contribution in [0.5, 0.6) is 0 Å². The van der Waals surface area contributed by atoms with Crippen LogP contribution in [0.4, 0.5) is 8.78 Å². The largest absolute Gasteiger partial charge is 0.382 e. The summed E-state index contributed by atoms with van der Waals surface area (Å²) in [5, 5.41) is 15.7. The average Bonchev–Trinajstić information content (AvgIpc) is 3.24. The van der Waals surface area contributed by atoms with E-state index in [0.717, 1.165) is 32.2 Å². The van der Waals surface area contributed by atoms with Crippen molar-refractivity contribution in [1.29, 1.82) is 0 Å². The predicted molar refractivity (Wildman–Crippen MR) is 119 cm³/mol. The van der Waals surface area contributed by atoms with E-state index in [1.165, 1.54) is 44.2 Å². The second-order valence-electron chi connectivity index (χ2n) is 8.87. The van der Waals surface area contributed by atoms with Crippen molar-refractivity contribution >= 4 is 0 Å². The Morgan fingerprint density at radius 3 is 2.52 bits per heavy atom. The summed E-state index contributed by atoms with van der Waals surface area (Å²) < 4.78 is 29.7. The Labute approximate surface area is 184 Å². The van der Waals surface area contributed by atoms with Gasteiger partial charge in [0.1, 0.15) is 17.2 Å². The molecule has 7 heteroatoms. The van der Waals surface area contributed by atoms with Gasteiger partial charge in [-0.1, -0.05) is 38.7 Å². The molecule has 0 radical (unpaired) electrons. The van der Waals surface area contributed by atoms with Crippen LogP contribution in [0.1, 0.15) is 51.5 Å². The van der Waals surface area contributed by atoms with Crippen molar-refractivity contribution in [2.24, 2.45) is 0 Å². The van der Waals surface area contributed by atoms with Crippen LogP contribution < -0.4 is 0 Å². The summed E-state index contributed by atoms with van der Waals surface area (Å²) in [7, 11) is 0. The minimum absolute atomic E-state index is 0.108. The van der Waals surface area contributed by atoms with Crippen molar-refractivity contribution in [3.8, 4) is 0 Å². The lowest BCUT2D eigenvalue weighted by molar-refractivity contribution is -0.0345. The second kappa shape index (κ2) is 11.2. The molecule has 2 heterocycles. The van der Waals surface area contributed by atoms with Crippen LogP contribution in [0.25, 0.3) is 0 Å². The quantitative estimate of drug-likeness (QED) is 0.543. The molecule has 0 saturated carbocycles. The number of rotatable bonds is 11. The molecule has 2 aromatic rings. The highest BCUT2D eigenvalue weighted by molar-refractivity contribution is 5.26. The van der Waals surface area contributed by atoms with E-state index >= 15 is 0 Å². The van der Waals surface area contributed by atoms with Crippen LogP contribution >= 0.6 is 0 Å². The van der Waals surface area contributed by atoms with E-state index in [2.05, 4.69) is 28.7 Å². The third kappa shape index (κ3) is 6.57. The first kappa shape index (κ1) is 23.8. The van der Waals surface area contributed by atoms with Gasteiger partial charge in [0, 0.05) is 62.8 Å². The predicted octanol–water partition coefficient (Wildman–Crippen LogP) is 4.03. The molecule has 0 amide bonds. The summed E-state index contributed by atoms with van der Waals surface area (Å²) in [5.74, 6) is -1.38. The van der Waals surface area contributed by atoms with Gasteiger partial charge in [-0.25, -0.2) is 8.78 Å². The molecule has 1 aliphatic heterocycles. The zero-order valence-electron chi connectivity index (χ0n) is 18.8. The van der Waals surface area contributed by atoms with E-state index in [9.17, 15) is 13.9 Å². The van der Waals surface area contributed by atoms with Crippen LogP contribution in [-0.2, 0) is 12.1 Å². The summed E-state index contributed by atoms with van der Waals surface area (Å²) in [5.41, 5.74) is -1.39. The van der Waals surface area contributed by atoms with Gasteiger partial charge in [-0.2, -0.15) is 5.10 Å². The number of hydrogen-bond acceptors (Lipinski definition) is 4. The van der Waals surface area contributed by atoms with Gasteiger partial charge < -0.3 is 5.11 Å². The van der Waals surface area contributed by atoms with Gasteiger partial charge >= 0.3 is 0 Å². The van der Waals surface area contributed by atoms with E-state index in [1.807, 2.05) is 0 Å². The van der Waals surface area contributed by atoms with E-state index in [0.29, 0.717) is 6.04 Å². The summed E-state index contributed by atoms with van der Waals surface area (Å²) in [6, 6.07) is 5.70. The molecular weight excluding hydrogens is 398 g/mol. The summed E-state index contributed by atoms with van der Waals surface area (Å²) in [4.78, 5) is 4.68. The molecule has 2 unspecified atom stereocenters. The maximum Gasteiger partial charge on any atom is 0.132 e. The topological polar surface area (TPSA) is 44.5 Å². The zero-order chi connectivity index (χ0) is 22.3. The van der Waals surface area contributed by atoms with Crippen LogP contribution in [0.3, 0.4) is 0 Å². The number of aliphatic hydroxyl groups is 1. The normalized spacial score (nSPS) is 18.7. The Bertz CT molecular complexity index is 793. The molecule has 1 fully saturated rings. The molecule has 1 aliphatic rings. The number of hydrogen-bond donors (Lipinski definition) is 1. The Balaban J connectivity index is 1.63. The first-order valence-corrected chi connectivity index (χ1v) is 11.5. The highest BCUT2D eigenvalue weighted by Gasteiger charge is 2.36. The van der Waals surface area contributed by atoms with E-state index in [1.54, 1.807) is 23.1 Å². The Morgan fingerprint density at radius 2 is 1.87 bits per heavy atom. The summed E-state index contributed by atoms with van der Waals surface area (Å²) in [6.07, 6.45) is 9.70. The molecular formula is C24H36F2N4O. The first-order valence-electron chi connectivity index (χ1n) is 11.5. The van der Waals surface area contributed by atoms with Crippen molar-refractivity contribution in [3.63, 3.8) is 0 Å². The fraction of sp³-hybridized carbons (Fsp3) is 0.625. The van der Waals surface area contributed by atoms with E-state index < -0.39 is 17.2 Å². The molecule has 1 N–H and O–H groups in total. The molecule has 1 saturated heterocycles. The highest BCUT2D eigenvalue weighted by atomic mass is 19.1. The maximum absolute atomic E-state index is 14.6. The number of benzene rings is 1. The lowest BCUT2D eigenvalue weighted by Gasteiger charge is -2.41. The zero-order valence-corrected chi connectivity index (χ0v) is 18.8. The SMILES string of the molecule is CCCCCCC(C)N1CCN(CC(O)(Cn2cccn2)c2ccc(F)cc2F)CC1. The Hall–Kier alpha value is -1.83. The molecule has 5 nitrogen and oxygen atoms in total. The molecule has 1 aromatic heterocycles. The van der Waals surface area contributed by atoms with E-state index in [-0.39, 0.29) is 18.7 Å². The molecule has 3 rings (SSSR count). The van der Waals surface area contributed by atoms with Crippen LogP contribution in [0.2, 0.25) is 0 Å². The monoisotopic (exact) mass is 434 g/mol. The van der Waals surface area contributed by atoms with Crippen LogP contribution in [0.15, 0.2) is 36.7 Å². The average molecular weight is 435 g/mol. The van der Waals surface area contributed by atoms with Gasteiger partial charge in [0.25, 0.3) is 0 Å². The van der Waals surface area contributed by atoms with E-state index in [4.69, 9.17) is 0 Å². The number of nitrogens with zero attached hydrogens (tertiary/aromatic N) is 4. The lowest BCUT2D eigenvalue weighted by Crippen LogP contribution is -2.54. The number of β-amino-alcohol motifs (C(OH)–C–C–N with tert-alkyl or cyclic N) is 1. The Kier molecular flexibility index (Phi) is 8.58. The minimum atomic E-state index is -1.50. The van der Waals surface area contributed by atoms with Crippen molar-refractivity contribution < 1.29 is 13.9 Å². The molecule has 2 atom stereocenters. The number of piperazine rings is 1. The molecule has 0 spiro atoms. The third-order valence-electron chi connectivity index (χ3n) is 6.41. The van der Waals surface area contributed by atoms with Gasteiger partial charge in [0.15, 0.2) is 0 Å². The standard InChI is InChI=1S/C24H36F2N4O/c1-3-4-5-6-8-20(2)29-15-13-28(14-16-29)18-24(31,19-30-12-7-11-27-30)22-10-9-21(25)17-23(22)26/h7,9-12,17,20,31H,3-6,8,13-16,18-19H2,1-2H3. The smallest absolute Gasteiger partial charge is 0.132 e. The van der Waals surface area contributed by atoms with Gasteiger partial charge in [-0.15, -0.1) is 0 Å². The van der Waals surface area contributed by atoms with Gasteiger partial charge in [0.05, 0.1) is 6.54 Å². The third-order valence-corrected chi connectivity index (χ3v) is 6.41. The maximum atomic E-state index is 14.6. The molecule has 1 aromatic carbocycles. The summed E-state index contributed by atoms with van der Waals surface area (Å²) in [6.45, 7) is 8.38. The second-order valence-corrected chi connectivity index (χ2v) is 8.87. The van der Waals surface area contributed by atoms with Crippen molar-refractivity contribution in [1.82, 2.24) is 19.6 Å². The number of halogens is 2. The van der Waals surface area contributed by atoms with Crippen molar-refractivity contribution in [2.45, 2.75) is 64.1 Å². The van der Waals surface area contributed by atoms with Crippen molar-refractivity contribution in [2.75, 3.05) is 32.7 Å². The fourth-order valence-electron chi connectivity index (χ4n) is 4.53. The Morgan fingerprint density at radius 1 is 1.10 bits per heavy atom.